The first-order valence-corrected chi connectivity index (χ1v) is 3.86. The molecule has 11 heavy (non-hydrogen) atoms. The van der Waals surface area contributed by atoms with Crippen molar-refractivity contribution >= 4 is 23.4 Å². The third kappa shape index (κ3) is 2.76. The Balaban J connectivity index is 2.24. The zero-order valence-corrected chi connectivity index (χ0v) is 6.67. The van der Waals surface area contributed by atoms with Gasteiger partial charge in [-0.2, -0.15) is 0 Å². The van der Waals surface area contributed by atoms with Gasteiger partial charge in [-0.25, -0.2) is 4.79 Å². The van der Waals surface area contributed by atoms with E-state index >= 15 is 0 Å². The Morgan fingerprint density at radius 2 is 2.36 bits per heavy atom. The quantitative estimate of drug-likeness (QED) is 0.223. The topological polar surface area (TPSA) is 64.7 Å². The van der Waals surface area contributed by atoms with Gasteiger partial charge in [0.2, 0.25) is 0 Å². The molecule has 0 atom stereocenters. The fourth-order valence-corrected chi connectivity index (χ4v) is 0.570. The van der Waals surface area contributed by atoms with Crippen LogP contribution in [0.1, 0.15) is 12.8 Å². The van der Waals surface area contributed by atoms with Crippen LogP contribution in [0.15, 0.2) is 5.16 Å². The Morgan fingerprint density at radius 1 is 1.73 bits per heavy atom. The van der Waals surface area contributed by atoms with E-state index in [1.54, 1.807) is 0 Å². The molecule has 1 aliphatic carbocycles. The summed E-state index contributed by atoms with van der Waals surface area (Å²) in [5.41, 5.74) is 5.18. The lowest BCUT2D eigenvalue weighted by molar-refractivity contribution is -0.145. The molecule has 0 aromatic rings. The number of carbonyl (C=O) groups excluding carboxylic acids is 1. The van der Waals surface area contributed by atoms with Crippen LogP contribution < -0.4 is 5.73 Å². The maximum Gasteiger partial charge on any atom is 0.338 e. The summed E-state index contributed by atoms with van der Waals surface area (Å²) in [7, 11) is 0. The van der Waals surface area contributed by atoms with Crippen LogP contribution in [0, 0.1) is 5.92 Å². The predicted octanol–water partition coefficient (Wildman–Crippen LogP) is 0.451. The highest BCUT2D eigenvalue weighted by molar-refractivity contribution is 6.27. The van der Waals surface area contributed by atoms with Crippen molar-refractivity contribution in [2.45, 2.75) is 12.8 Å². The van der Waals surface area contributed by atoms with E-state index in [0.29, 0.717) is 0 Å². The fraction of sp³-hybridized carbons (Fsp3) is 0.667. The lowest BCUT2D eigenvalue weighted by Crippen LogP contribution is -2.15. The molecule has 0 saturated heterocycles. The van der Waals surface area contributed by atoms with E-state index in [0.717, 1.165) is 12.8 Å². The monoisotopic (exact) mass is 176 g/mol. The second-order valence-corrected chi connectivity index (χ2v) is 2.67. The minimum absolute atomic E-state index is 0.0434. The average Bonchev–Trinajstić information content (AvgIpc) is 2.81. The number of amidine groups is 1. The molecule has 4 nitrogen and oxygen atoms in total. The number of oxime groups is 1. The standard InChI is InChI=1S/C6H9ClN2O2/c7-3-5(8)9-11-6(10)4-1-2-4/h4H,1-3H2,(H2,8,9). The fourth-order valence-electron chi connectivity index (χ4n) is 0.522. The van der Waals surface area contributed by atoms with Crippen LogP contribution in [0.2, 0.25) is 0 Å². The first-order chi connectivity index (χ1) is 5.24. The molecule has 0 bridgehead atoms. The number of hydrogen-bond donors (Lipinski definition) is 1. The minimum atomic E-state index is -0.307. The van der Waals surface area contributed by atoms with Gasteiger partial charge in [-0.3, -0.25) is 0 Å². The molecule has 62 valence electrons. The lowest BCUT2D eigenvalue weighted by atomic mass is 10.4. The van der Waals surface area contributed by atoms with Crippen LogP contribution in [-0.4, -0.2) is 17.7 Å². The molecule has 0 radical (unpaired) electrons. The molecular weight excluding hydrogens is 168 g/mol. The van der Waals surface area contributed by atoms with Crippen molar-refractivity contribution < 1.29 is 9.63 Å². The van der Waals surface area contributed by atoms with E-state index in [2.05, 4.69) is 9.99 Å². The van der Waals surface area contributed by atoms with Crippen LogP contribution >= 0.6 is 11.6 Å². The van der Waals surface area contributed by atoms with E-state index in [-0.39, 0.29) is 23.6 Å². The molecule has 0 heterocycles. The third-order valence-corrected chi connectivity index (χ3v) is 1.57. The number of alkyl halides is 1. The molecule has 5 heteroatoms. The van der Waals surface area contributed by atoms with E-state index in [9.17, 15) is 4.79 Å². The molecule has 1 aliphatic rings. The Kier molecular flexibility index (Phi) is 2.70. The van der Waals surface area contributed by atoms with Crippen molar-refractivity contribution in [2.75, 3.05) is 5.88 Å². The Morgan fingerprint density at radius 3 is 2.82 bits per heavy atom. The average molecular weight is 177 g/mol. The molecule has 0 amide bonds. The molecule has 0 aromatic carbocycles. The van der Waals surface area contributed by atoms with Crippen molar-refractivity contribution in [1.82, 2.24) is 0 Å². The SMILES string of the molecule is N/C(CCl)=N/OC(=O)C1CC1. The minimum Gasteiger partial charge on any atom is -0.383 e. The van der Waals surface area contributed by atoms with Gasteiger partial charge < -0.3 is 10.6 Å². The van der Waals surface area contributed by atoms with Crippen LogP contribution in [0.5, 0.6) is 0 Å². The van der Waals surface area contributed by atoms with Gasteiger partial charge in [0.15, 0.2) is 5.84 Å². The second kappa shape index (κ2) is 3.57. The largest absolute Gasteiger partial charge is 0.383 e. The second-order valence-electron chi connectivity index (χ2n) is 2.40. The number of rotatable bonds is 3. The lowest BCUT2D eigenvalue weighted by Gasteiger charge is -1.94. The molecule has 2 N–H and O–H groups in total. The van der Waals surface area contributed by atoms with Gasteiger partial charge in [0.1, 0.15) is 0 Å². The number of nitrogens with two attached hydrogens (primary N) is 1. The van der Waals surface area contributed by atoms with Crippen molar-refractivity contribution in [3.8, 4) is 0 Å². The summed E-state index contributed by atoms with van der Waals surface area (Å²) >= 11 is 5.28. The normalized spacial score (nSPS) is 18.1. The molecule has 0 spiro atoms. The van der Waals surface area contributed by atoms with Crippen molar-refractivity contribution in [3.05, 3.63) is 0 Å². The van der Waals surface area contributed by atoms with E-state index in [4.69, 9.17) is 17.3 Å². The number of carbonyl (C=O) groups is 1. The highest BCUT2D eigenvalue weighted by Gasteiger charge is 2.31. The first-order valence-electron chi connectivity index (χ1n) is 3.33. The van der Waals surface area contributed by atoms with Crippen molar-refractivity contribution in [3.63, 3.8) is 0 Å². The van der Waals surface area contributed by atoms with E-state index in [1.165, 1.54) is 0 Å². The van der Waals surface area contributed by atoms with Gasteiger partial charge in [0, 0.05) is 0 Å². The molecule has 0 aliphatic heterocycles. The summed E-state index contributed by atoms with van der Waals surface area (Å²) < 4.78 is 0. The summed E-state index contributed by atoms with van der Waals surface area (Å²) in [5.74, 6) is -0.0570. The van der Waals surface area contributed by atoms with Gasteiger partial charge in [-0.05, 0) is 12.8 Å². The molecular formula is C6H9ClN2O2. The Bertz CT molecular complexity index is 189. The van der Waals surface area contributed by atoms with Gasteiger partial charge in [0.05, 0.1) is 11.8 Å². The Labute approximate surface area is 69.3 Å². The highest BCUT2D eigenvalue weighted by atomic mass is 35.5. The van der Waals surface area contributed by atoms with Crippen molar-refractivity contribution in [1.29, 1.82) is 0 Å². The Hall–Kier alpha value is -0.770. The number of nitrogens with zero attached hydrogens (tertiary/aromatic N) is 1. The summed E-state index contributed by atoms with van der Waals surface area (Å²) in [6.07, 6.45) is 1.80. The molecule has 1 rings (SSSR count). The first kappa shape index (κ1) is 8.33. The molecule has 0 aromatic heterocycles. The zero-order chi connectivity index (χ0) is 8.27. The highest BCUT2D eigenvalue weighted by Crippen LogP contribution is 2.29. The maximum atomic E-state index is 10.8. The predicted molar refractivity (Wildman–Crippen MR) is 41.2 cm³/mol. The summed E-state index contributed by atoms with van der Waals surface area (Å²) in [6, 6.07) is 0. The smallest absolute Gasteiger partial charge is 0.338 e. The van der Waals surface area contributed by atoms with E-state index in [1.807, 2.05) is 0 Å². The molecule has 0 unspecified atom stereocenters. The van der Waals surface area contributed by atoms with Crippen LogP contribution in [-0.2, 0) is 9.63 Å². The van der Waals surface area contributed by atoms with E-state index < -0.39 is 0 Å². The van der Waals surface area contributed by atoms with Crippen LogP contribution in [0.3, 0.4) is 0 Å². The zero-order valence-electron chi connectivity index (χ0n) is 5.92. The van der Waals surface area contributed by atoms with Crippen molar-refractivity contribution in [2.24, 2.45) is 16.8 Å². The van der Waals surface area contributed by atoms with Crippen LogP contribution in [0.25, 0.3) is 0 Å². The molecule has 1 saturated carbocycles. The third-order valence-electron chi connectivity index (χ3n) is 1.30. The van der Waals surface area contributed by atoms with Gasteiger partial charge >= 0.3 is 5.97 Å². The van der Waals surface area contributed by atoms with Gasteiger partial charge in [-0.15, -0.1) is 11.6 Å². The van der Waals surface area contributed by atoms with Gasteiger partial charge in [0.25, 0.3) is 0 Å². The summed E-state index contributed by atoms with van der Waals surface area (Å²) in [5, 5.41) is 3.32. The number of halogens is 1. The maximum absolute atomic E-state index is 10.8. The molecule has 1 fully saturated rings. The summed E-state index contributed by atoms with van der Waals surface area (Å²) in [4.78, 5) is 15.3. The summed E-state index contributed by atoms with van der Waals surface area (Å²) in [6.45, 7) is 0. The number of hydrogen-bond acceptors (Lipinski definition) is 3. The van der Waals surface area contributed by atoms with Gasteiger partial charge in [-0.1, -0.05) is 5.16 Å². The van der Waals surface area contributed by atoms with Crippen LogP contribution in [0.4, 0.5) is 0 Å².